The molecule has 8 heteroatoms. The van der Waals surface area contributed by atoms with Gasteiger partial charge >= 0.3 is 5.97 Å². The number of carboxylic acids is 1. The van der Waals surface area contributed by atoms with Crippen LogP contribution in [0.5, 0.6) is 0 Å². The van der Waals surface area contributed by atoms with Gasteiger partial charge in [0, 0.05) is 37.5 Å². The van der Waals surface area contributed by atoms with Crippen LogP contribution in [0.2, 0.25) is 0 Å². The maximum absolute atomic E-state index is 12.7. The van der Waals surface area contributed by atoms with Crippen molar-refractivity contribution in [3.63, 3.8) is 0 Å². The van der Waals surface area contributed by atoms with Crippen LogP contribution in [0.1, 0.15) is 16.3 Å². The van der Waals surface area contributed by atoms with Crippen molar-refractivity contribution >= 4 is 34.6 Å². The van der Waals surface area contributed by atoms with Crippen LogP contribution >= 0.6 is 11.3 Å². The van der Waals surface area contributed by atoms with Gasteiger partial charge in [0.05, 0.1) is 10.7 Å². The number of para-hydroxylation sites is 1. The Kier molecular flexibility index (Phi) is 5.32. The summed E-state index contributed by atoms with van der Waals surface area (Å²) in [5.74, 6) is -1.25. The van der Waals surface area contributed by atoms with Gasteiger partial charge in [-0.3, -0.25) is 9.80 Å². The van der Waals surface area contributed by atoms with Gasteiger partial charge in [-0.25, -0.2) is 9.78 Å². The van der Waals surface area contributed by atoms with Crippen molar-refractivity contribution in [2.45, 2.75) is 25.8 Å². The highest BCUT2D eigenvalue weighted by atomic mass is 32.1. The fourth-order valence-corrected chi connectivity index (χ4v) is 3.53. The number of carbonyl (C=O) groups is 2. The molecule has 0 spiro atoms. The average molecular weight is 372 g/mol. The molecule has 1 aromatic carbocycles. The molecular formula is C18H20N4O3S. The Morgan fingerprint density at radius 1 is 1.35 bits per heavy atom. The van der Waals surface area contributed by atoms with Gasteiger partial charge in [0.2, 0.25) is 0 Å². The van der Waals surface area contributed by atoms with E-state index in [2.05, 4.69) is 10.1 Å². The smallest absolute Gasteiger partial charge is 0.328 e. The van der Waals surface area contributed by atoms with E-state index in [4.69, 9.17) is 0 Å². The van der Waals surface area contributed by atoms with Crippen LogP contribution in [0.25, 0.3) is 0 Å². The molecule has 0 fully saturated rings. The molecule has 1 amide bonds. The maximum Gasteiger partial charge on any atom is 0.328 e. The van der Waals surface area contributed by atoms with Gasteiger partial charge in [-0.2, -0.15) is 5.10 Å². The number of hydrazone groups is 1. The summed E-state index contributed by atoms with van der Waals surface area (Å²) in [6, 6.07) is 8.16. The van der Waals surface area contributed by atoms with Crippen LogP contribution in [-0.4, -0.2) is 52.2 Å². The van der Waals surface area contributed by atoms with Crippen LogP contribution in [0.4, 0.5) is 5.69 Å². The lowest BCUT2D eigenvalue weighted by Crippen LogP contribution is -2.36. The molecule has 0 aliphatic carbocycles. The number of thiazole rings is 1. The number of benzene rings is 1. The number of likely N-dealkylation sites (N-methyl/N-ethyl adjacent to an activating group) is 1. The molecule has 1 aromatic heterocycles. The van der Waals surface area contributed by atoms with Gasteiger partial charge in [0.25, 0.3) is 5.91 Å². The molecule has 0 saturated heterocycles. The molecule has 1 aliphatic rings. The highest BCUT2D eigenvalue weighted by Crippen LogP contribution is 2.25. The summed E-state index contributed by atoms with van der Waals surface area (Å²) in [6.07, 6.45) is 2.57. The van der Waals surface area contributed by atoms with E-state index in [9.17, 15) is 14.7 Å². The van der Waals surface area contributed by atoms with Crippen LogP contribution in [0.3, 0.4) is 0 Å². The first kappa shape index (κ1) is 18.1. The van der Waals surface area contributed by atoms with Crippen molar-refractivity contribution in [3.8, 4) is 0 Å². The minimum absolute atomic E-state index is 0.0871. The van der Waals surface area contributed by atoms with Crippen molar-refractivity contribution in [2.75, 3.05) is 18.6 Å². The highest BCUT2D eigenvalue weighted by Gasteiger charge is 2.36. The first-order valence-electron chi connectivity index (χ1n) is 8.27. The minimum Gasteiger partial charge on any atom is -0.480 e. The maximum atomic E-state index is 12.7. The van der Waals surface area contributed by atoms with E-state index >= 15 is 0 Å². The van der Waals surface area contributed by atoms with E-state index in [0.29, 0.717) is 18.7 Å². The van der Waals surface area contributed by atoms with E-state index in [1.165, 1.54) is 5.01 Å². The third kappa shape index (κ3) is 3.91. The van der Waals surface area contributed by atoms with Crippen molar-refractivity contribution in [1.29, 1.82) is 0 Å². The second-order valence-electron chi connectivity index (χ2n) is 6.13. The molecule has 0 radical (unpaired) electrons. The summed E-state index contributed by atoms with van der Waals surface area (Å²) in [7, 11) is 1.70. The largest absolute Gasteiger partial charge is 0.480 e. The number of carboxylic acid groups (broad SMARTS) is 1. The number of aryl methyl sites for hydroxylation is 1. The summed E-state index contributed by atoms with van der Waals surface area (Å²) in [5.41, 5.74) is 0.919. The second-order valence-corrected chi connectivity index (χ2v) is 7.45. The summed E-state index contributed by atoms with van der Waals surface area (Å²) in [6.45, 7) is 2.50. The van der Waals surface area contributed by atoms with Gasteiger partial charge < -0.3 is 10.0 Å². The average Bonchev–Trinajstić information content (AvgIpc) is 3.26. The molecule has 2 heterocycles. The number of rotatable bonds is 6. The van der Waals surface area contributed by atoms with Gasteiger partial charge in [-0.1, -0.05) is 18.2 Å². The minimum atomic E-state index is -0.999. The first-order chi connectivity index (χ1) is 12.5. The molecule has 7 nitrogen and oxygen atoms in total. The van der Waals surface area contributed by atoms with Gasteiger partial charge in [-0.05, 0) is 19.1 Å². The fourth-order valence-electron chi connectivity index (χ4n) is 2.75. The Hall–Kier alpha value is -2.74. The number of nitrogens with zero attached hydrogens (tertiary/aromatic N) is 4. The lowest BCUT2D eigenvalue weighted by Gasteiger charge is -2.19. The van der Waals surface area contributed by atoms with Gasteiger partial charge in [0.1, 0.15) is 5.71 Å². The zero-order valence-corrected chi connectivity index (χ0v) is 15.4. The lowest BCUT2D eigenvalue weighted by molar-refractivity contribution is -0.138. The predicted octanol–water partition coefficient (Wildman–Crippen LogP) is 2.17. The topological polar surface area (TPSA) is 86.1 Å². The molecule has 0 bridgehead atoms. The molecule has 26 heavy (non-hydrogen) atoms. The Bertz CT molecular complexity index is 834. The van der Waals surface area contributed by atoms with Gasteiger partial charge in [0.15, 0.2) is 6.04 Å². The SMILES string of the molecule is Cc1cnc(CCN(C)C(=O)C2=NN(c3ccccc3)C(C(=O)O)C2)s1. The van der Waals surface area contributed by atoms with Crippen molar-refractivity contribution in [1.82, 2.24) is 9.88 Å². The molecule has 1 atom stereocenters. The monoisotopic (exact) mass is 372 g/mol. The molecular weight excluding hydrogens is 352 g/mol. The number of amides is 1. The third-order valence-electron chi connectivity index (χ3n) is 4.14. The number of aliphatic carboxylic acids is 1. The van der Waals surface area contributed by atoms with E-state index in [1.54, 1.807) is 35.4 Å². The Balaban J connectivity index is 1.70. The number of hydrogen-bond acceptors (Lipinski definition) is 6. The number of carbonyl (C=O) groups excluding carboxylic acids is 1. The quantitative estimate of drug-likeness (QED) is 0.840. The zero-order chi connectivity index (χ0) is 18.7. The standard InChI is InChI=1S/C18H20N4O3S/c1-12-11-19-16(26-12)8-9-21(2)17(23)14-10-15(18(24)25)22(20-14)13-6-4-3-5-7-13/h3-7,11,15H,8-10H2,1-2H3,(H,24,25). The van der Waals surface area contributed by atoms with Crippen LogP contribution in [0, 0.1) is 6.92 Å². The van der Waals surface area contributed by atoms with Crippen molar-refractivity contribution in [2.24, 2.45) is 5.10 Å². The van der Waals surface area contributed by atoms with E-state index in [1.807, 2.05) is 31.3 Å². The fraction of sp³-hybridized carbons (Fsp3) is 0.333. The van der Waals surface area contributed by atoms with Crippen LogP contribution < -0.4 is 5.01 Å². The molecule has 1 aliphatic heterocycles. The zero-order valence-electron chi connectivity index (χ0n) is 14.6. The summed E-state index contributed by atoms with van der Waals surface area (Å²) in [4.78, 5) is 31.3. The molecule has 1 N–H and O–H groups in total. The van der Waals surface area contributed by atoms with Gasteiger partial charge in [-0.15, -0.1) is 11.3 Å². The van der Waals surface area contributed by atoms with Crippen LogP contribution in [-0.2, 0) is 16.0 Å². The Morgan fingerprint density at radius 3 is 2.69 bits per heavy atom. The summed E-state index contributed by atoms with van der Waals surface area (Å²) < 4.78 is 0. The molecule has 2 aromatic rings. The number of aromatic nitrogens is 1. The molecule has 0 saturated carbocycles. The summed E-state index contributed by atoms with van der Waals surface area (Å²) >= 11 is 1.61. The second kappa shape index (κ2) is 7.65. The highest BCUT2D eigenvalue weighted by molar-refractivity contribution is 7.11. The predicted molar refractivity (Wildman–Crippen MR) is 101 cm³/mol. The Morgan fingerprint density at radius 2 is 2.08 bits per heavy atom. The van der Waals surface area contributed by atoms with Crippen molar-refractivity contribution in [3.05, 3.63) is 46.4 Å². The number of hydrogen-bond donors (Lipinski definition) is 1. The first-order valence-corrected chi connectivity index (χ1v) is 9.08. The third-order valence-corrected chi connectivity index (χ3v) is 5.11. The normalized spacial score (nSPS) is 16.5. The Labute approximate surface area is 155 Å². The van der Waals surface area contributed by atoms with E-state index in [0.717, 1.165) is 9.88 Å². The summed E-state index contributed by atoms with van der Waals surface area (Å²) in [5, 5.41) is 16.2. The van der Waals surface area contributed by atoms with Crippen LogP contribution in [0.15, 0.2) is 41.6 Å². The van der Waals surface area contributed by atoms with E-state index in [-0.39, 0.29) is 18.0 Å². The lowest BCUT2D eigenvalue weighted by atomic mass is 10.1. The van der Waals surface area contributed by atoms with E-state index < -0.39 is 12.0 Å². The molecule has 136 valence electrons. The molecule has 1 unspecified atom stereocenters. The number of anilines is 1. The molecule has 3 rings (SSSR count). The van der Waals surface area contributed by atoms with Crippen molar-refractivity contribution < 1.29 is 14.7 Å².